The van der Waals surface area contributed by atoms with Gasteiger partial charge in [0.15, 0.2) is 0 Å². The molecule has 2 saturated carbocycles. The van der Waals surface area contributed by atoms with Crippen LogP contribution < -0.4 is 0 Å². The Bertz CT molecular complexity index is 213. The second-order valence-electron chi connectivity index (χ2n) is 4.28. The van der Waals surface area contributed by atoms with Crippen molar-refractivity contribution in [3.63, 3.8) is 0 Å². The van der Waals surface area contributed by atoms with E-state index in [0.29, 0.717) is 0 Å². The third-order valence-electron chi connectivity index (χ3n) is 3.56. The van der Waals surface area contributed by atoms with E-state index in [1.165, 1.54) is 12.8 Å². The smallest absolute Gasteiger partial charge is 0.325 e. The van der Waals surface area contributed by atoms with Crippen LogP contribution in [0.5, 0.6) is 0 Å². The molecule has 0 saturated heterocycles. The Hall–Kier alpha value is -0.240. The summed E-state index contributed by atoms with van der Waals surface area (Å²) < 4.78 is 0. The maximum atomic E-state index is 10.9. The predicted molar refractivity (Wildman–Crippen MR) is 50.9 cm³/mol. The fraction of sp³-hybridized carbons (Fsp3) is 0.900. The molecule has 0 bridgehead atoms. The lowest BCUT2D eigenvalue weighted by Crippen LogP contribution is -2.19. The number of halogens is 1. The average Bonchev–Trinajstić information content (AvgIpc) is 2.54. The summed E-state index contributed by atoms with van der Waals surface area (Å²) in [6, 6.07) is 0. The highest BCUT2D eigenvalue weighted by Gasteiger charge is 2.67. The molecule has 2 rings (SSSR count). The quantitative estimate of drug-likeness (QED) is 0.664. The number of carboxylic acid groups (broad SMARTS) is 1. The molecule has 3 heteroatoms. The van der Waals surface area contributed by atoms with Gasteiger partial charge in [0.05, 0.1) is 0 Å². The minimum atomic E-state index is -0.885. The van der Waals surface area contributed by atoms with E-state index in [1.54, 1.807) is 0 Å². The molecule has 1 N–H and O–H groups in total. The number of carbonyl (C=O) groups is 1. The van der Waals surface area contributed by atoms with Gasteiger partial charge in [-0.2, -0.15) is 0 Å². The summed E-state index contributed by atoms with van der Waals surface area (Å²) in [6.07, 6.45) is 6.83. The summed E-state index contributed by atoms with van der Waals surface area (Å²) in [4.78, 5) is 10.1. The van der Waals surface area contributed by atoms with Crippen molar-refractivity contribution >= 4 is 17.6 Å². The molecule has 0 heterocycles. The van der Waals surface area contributed by atoms with Gasteiger partial charge in [-0.25, -0.2) is 0 Å². The molecule has 74 valence electrons. The van der Waals surface area contributed by atoms with Crippen LogP contribution in [0.25, 0.3) is 0 Å². The topological polar surface area (TPSA) is 37.3 Å². The summed E-state index contributed by atoms with van der Waals surface area (Å²) >= 11 is 6.10. The summed E-state index contributed by atoms with van der Waals surface area (Å²) in [5, 5.41) is 9.00. The van der Waals surface area contributed by atoms with Gasteiger partial charge in [-0.1, -0.05) is 25.7 Å². The fourth-order valence-corrected chi connectivity index (χ4v) is 3.18. The second-order valence-corrected chi connectivity index (χ2v) is 4.90. The Labute approximate surface area is 83.3 Å². The van der Waals surface area contributed by atoms with E-state index in [1.807, 2.05) is 0 Å². The Balaban J connectivity index is 2.06. The van der Waals surface area contributed by atoms with Crippen molar-refractivity contribution in [3.8, 4) is 0 Å². The first-order chi connectivity index (χ1) is 6.17. The van der Waals surface area contributed by atoms with Gasteiger partial charge in [0.1, 0.15) is 4.87 Å². The van der Waals surface area contributed by atoms with Crippen molar-refractivity contribution < 1.29 is 9.90 Å². The zero-order valence-corrected chi connectivity index (χ0v) is 8.39. The average molecular weight is 203 g/mol. The molecular formula is C10H15ClO2. The predicted octanol–water partition coefficient (Wildman–Crippen LogP) is 2.65. The van der Waals surface area contributed by atoms with Crippen LogP contribution in [-0.2, 0) is 4.79 Å². The second kappa shape index (κ2) is 3.16. The van der Waals surface area contributed by atoms with E-state index in [4.69, 9.17) is 16.7 Å². The van der Waals surface area contributed by atoms with Gasteiger partial charge < -0.3 is 5.11 Å². The first-order valence-electron chi connectivity index (χ1n) is 5.09. The van der Waals surface area contributed by atoms with Crippen LogP contribution >= 0.6 is 11.6 Å². The van der Waals surface area contributed by atoms with Gasteiger partial charge in [-0.15, -0.1) is 11.6 Å². The van der Waals surface area contributed by atoms with Crippen molar-refractivity contribution in [2.24, 2.45) is 11.8 Å². The van der Waals surface area contributed by atoms with Gasteiger partial charge in [0.2, 0.25) is 0 Å². The molecule has 2 aliphatic rings. The van der Waals surface area contributed by atoms with E-state index < -0.39 is 10.8 Å². The van der Waals surface area contributed by atoms with E-state index in [-0.39, 0.29) is 11.8 Å². The van der Waals surface area contributed by atoms with E-state index in [9.17, 15) is 4.79 Å². The normalized spacial score (nSPS) is 44.4. The summed E-state index contributed by atoms with van der Waals surface area (Å²) in [7, 11) is 0. The minimum Gasteiger partial charge on any atom is -0.480 e. The maximum absolute atomic E-state index is 10.9. The number of fused-ring (bicyclic) bond motifs is 1. The van der Waals surface area contributed by atoms with Crippen LogP contribution in [-0.4, -0.2) is 16.0 Å². The molecule has 0 spiro atoms. The number of carboxylic acids is 1. The molecule has 0 aromatic rings. The van der Waals surface area contributed by atoms with Gasteiger partial charge in [0.25, 0.3) is 0 Å². The molecule has 2 atom stereocenters. The summed E-state index contributed by atoms with van der Waals surface area (Å²) in [5.74, 6) is -0.287. The van der Waals surface area contributed by atoms with E-state index >= 15 is 0 Å². The van der Waals surface area contributed by atoms with E-state index in [0.717, 1.165) is 25.7 Å². The lowest BCUT2D eigenvalue weighted by Gasteiger charge is -2.04. The molecular weight excluding hydrogens is 188 g/mol. The molecule has 0 amide bonds. The lowest BCUT2D eigenvalue weighted by molar-refractivity contribution is -0.138. The third kappa shape index (κ3) is 1.35. The molecule has 2 unspecified atom stereocenters. The zero-order chi connectivity index (χ0) is 9.47. The standard InChI is InChI=1S/C10H15ClO2/c11-10(9(12)13)7-5-3-1-2-4-6-8(7)10/h7-8H,1-6H2,(H,12,13). The van der Waals surface area contributed by atoms with Crippen LogP contribution in [0.4, 0.5) is 0 Å². The number of hydrogen-bond donors (Lipinski definition) is 1. The molecule has 0 radical (unpaired) electrons. The first kappa shape index (κ1) is 9.32. The summed E-state index contributed by atoms with van der Waals surface area (Å²) in [5.41, 5.74) is 0. The number of rotatable bonds is 1. The number of alkyl halides is 1. The van der Waals surface area contributed by atoms with Gasteiger partial charge >= 0.3 is 5.97 Å². The lowest BCUT2D eigenvalue weighted by atomic mass is 10.0. The Kier molecular flexibility index (Phi) is 2.26. The van der Waals surface area contributed by atoms with E-state index in [2.05, 4.69) is 0 Å². The largest absolute Gasteiger partial charge is 0.480 e. The van der Waals surface area contributed by atoms with Crippen molar-refractivity contribution in [3.05, 3.63) is 0 Å². The van der Waals surface area contributed by atoms with Crippen LogP contribution in [0.2, 0.25) is 0 Å². The van der Waals surface area contributed by atoms with Gasteiger partial charge in [-0.05, 0) is 24.7 Å². The van der Waals surface area contributed by atoms with Crippen molar-refractivity contribution in [1.82, 2.24) is 0 Å². The third-order valence-corrected chi connectivity index (χ3v) is 4.29. The van der Waals surface area contributed by atoms with Crippen LogP contribution in [0, 0.1) is 11.8 Å². The first-order valence-corrected chi connectivity index (χ1v) is 5.47. The Morgan fingerprint density at radius 3 is 2.00 bits per heavy atom. The SMILES string of the molecule is O=C(O)C1(Cl)C2CCCCCCC21. The van der Waals surface area contributed by atoms with Gasteiger partial charge in [0, 0.05) is 0 Å². The monoisotopic (exact) mass is 202 g/mol. The van der Waals surface area contributed by atoms with Crippen molar-refractivity contribution in [1.29, 1.82) is 0 Å². The van der Waals surface area contributed by atoms with Crippen molar-refractivity contribution in [2.75, 3.05) is 0 Å². The van der Waals surface area contributed by atoms with Crippen LogP contribution in [0.1, 0.15) is 38.5 Å². The fourth-order valence-electron chi connectivity index (χ4n) is 2.72. The minimum absolute atomic E-state index is 0.256. The highest BCUT2D eigenvalue weighted by Crippen LogP contribution is 2.61. The molecule has 0 aromatic carbocycles. The highest BCUT2D eigenvalue weighted by molar-refractivity contribution is 6.36. The maximum Gasteiger partial charge on any atom is 0.325 e. The Morgan fingerprint density at radius 2 is 1.62 bits per heavy atom. The van der Waals surface area contributed by atoms with Gasteiger partial charge in [-0.3, -0.25) is 4.79 Å². The van der Waals surface area contributed by atoms with Crippen molar-refractivity contribution in [2.45, 2.75) is 43.4 Å². The number of hydrogen-bond acceptors (Lipinski definition) is 1. The molecule has 2 nitrogen and oxygen atoms in total. The molecule has 13 heavy (non-hydrogen) atoms. The molecule has 2 fully saturated rings. The molecule has 0 aliphatic heterocycles. The summed E-state index contributed by atoms with van der Waals surface area (Å²) in [6.45, 7) is 0. The zero-order valence-electron chi connectivity index (χ0n) is 7.63. The molecule has 2 aliphatic carbocycles. The number of aliphatic carboxylic acids is 1. The van der Waals surface area contributed by atoms with Crippen LogP contribution in [0.3, 0.4) is 0 Å². The Morgan fingerprint density at radius 1 is 1.15 bits per heavy atom. The van der Waals surface area contributed by atoms with Crippen LogP contribution in [0.15, 0.2) is 0 Å². The highest BCUT2D eigenvalue weighted by atomic mass is 35.5. The molecule has 0 aromatic heterocycles.